The Bertz CT molecular complexity index is 810. The minimum Gasteiger partial charge on any atom is -0.489 e. The van der Waals surface area contributed by atoms with Gasteiger partial charge in [-0.05, 0) is 29.8 Å². The van der Waals surface area contributed by atoms with Crippen molar-refractivity contribution in [2.45, 2.75) is 12.6 Å². The maximum atomic E-state index is 13.2. The van der Waals surface area contributed by atoms with E-state index in [9.17, 15) is 19.1 Å². The molecule has 0 radical (unpaired) electrons. The van der Waals surface area contributed by atoms with Gasteiger partial charge in [0.2, 0.25) is 0 Å². The number of halogens is 1. The molecule has 1 saturated heterocycles. The third-order valence-corrected chi connectivity index (χ3v) is 4.05. The summed E-state index contributed by atoms with van der Waals surface area (Å²) in [6.45, 7) is 0.664. The zero-order chi connectivity index (χ0) is 18.5. The molecular weight excluding hydrogens is 341 g/mol. The second-order valence-electron chi connectivity index (χ2n) is 5.87. The molecule has 7 heteroatoms. The van der Waals surface area contributed by atoms with Crippen LogP contribution in [0.2, 0.25) is 0 Å². The van der Waals surface area contributed by atoms with E-state index in [2.05, 4.69) is 0 Å². The minimum atomic E-state index is -1.09. The van der Waals surface area contributed by atoms with Crippen molar-refractivity contribution < 1.29 is 28.6 Å². The van der Waals surface area contributed by atoms with Crippen molar-refractivity contribution in [2.75, 3.05) is 19.8 Å². The Kier molecular flexibility index (Phi) is 5.48. The van der Waals surface area contributed by atoms with Crippen LogP contribution in [0.5, 0.6) is 5.75 Å². The van der Waals surface area contributed by atoms with Gasteiger partial charge >= 0.3 is 5.97 Å². The van der Waals surface area contributed by atoms with Crippen LogP contribution < -0.4 is 4.74 Å². The van der Waals surface area contributed by atoms with Crippen molar-refractivity contribution in [1.29, 1.82) is 0 Å². The van der Waals surface area contributed by atoms with Crippen LogP contribution in [0.15, 0.2) is 48.5 Å². The van der Waals surface area contributed by atoms with Crippen LogP contribution in [0.1, 0.15) is 15.9 Å². The fourth-order valence-electron chi connectivity index (χ4n) is 2.73. The molecule has 0 aromatic heterocycles. The average molecular weight is 359 g/mol. The van der Waals surface area contributed by atoms with E-state index in [1.165, 1.54) is 17.0 Å². The van der Waals surface area contributed by atoms with Gasteiger partial charge in [-0.25, -0.2) is 9.18 Å². The van der Waals surface area contributed by atoms with Gasteiger partial charge in [-0.3, -0.25) is 4.79 Å². The number of nitrogens with zero attached hydrogens (tertiary/aromatic N) is 1. The number of rotatable bonds is 5. The first-order valence-corrected chi connectivity index (χ1v) is 8.13. The number of amides is 1. The lowest BCUT2D eigenvalue weighted by Gasteiger charge is -2.33. The van der Waals surface area contributed by atoms with Gasteiger partial charge in [0.15, 0.2) is 6.04 Å². The summed E-state index contributed by atoms with van der Waals surface area (Å²) in [7, 11) is 0. The average Bonchev–Trinajstić information content (AvgIpc) is 2.66. The van der Waals surface area contributed by atoms with E-state index >= 15 is 0 Å². The fourth-order valence-corrected chi connectivity index (χ4v) is 2.73. The summed E-state index contributed by atoms with van der Waals surface area (Å²) in [6, 6.07) is 11.6. The third kappa shape index (κ3) is 4.18. The van der Waals surface area contributed by atoms with Crippen LogP contribution in [0, 0.1) is 5.82 Å². The molecule has 1 atom stereocenters. The first-order chi connectivity index (χ1) is 12.5. The Morgan fingerprint density at radius 3 is 2.81 bits per heavy atom. The second kappa shape index (κ2) is 7.97. The van der Waals surface area contributed by atoms with Crippen molar-refractivity contribution in [3.05, 3.63) is 65.5 Å². The van der Waals surface area contributed by atoms with E-state index in [-0.39, 0.29) is 25.7 Å². The molecule has 0 saturated carbocycles. The summed E-state index contributed by atoms with van der Waals surface area (Å²) >= 11 is 0. The smallest absolute Gasteiger partial charge is 0.328 e. The topological polar surface area (TPSA) is 76.1 Å². The van der Waals surface area contributed by atoms with Gasteiger partial charge < -0.3 is 19.5 Å². The normalized spacial score (nSPS) is 17.0. The van der Waals surface area contributed by atoms with E-state index in [4.69, 9.17) is 9.47 Å². The van der Waals surface area contributed by atoms with E-state index in [1.54, 1.807) is 36.4 Å². The van der Waals surface area contributed by atoms with Gasteiger partial charge in [0.1, 0.15) is 18.2 Å². The summed E-state index contributed by atoms with van der Waals surface area (Å²) in [5, 5.41) is 9.27. The van der Waals surface area contributed by atoms with Crippen LogP contribution in [-0.2, 0) is 16.1 Å². The van der Waals surface area contributed by atoms with Crippen molar-refractivity contribution in [2.24, 2.45) is 0 Å². The standard InChI is InChI=1S/C19H18FNO5/c20-15-5-2-6-16(10-15)26-11-13-3-1-4-14(9-13)18(22)21-7-8-25-12-17(21)19(23)24/h1-6,9-10,17H,7-8,11-12H2,(H,23,24)/t17-/m1/s1. The Hall–Kier alpha value is -2.93. The van der Waals surface area contributed by atoms with Crippen molar-refractivity contribution >= 4 is 11.9 Å². The monoisotopic (exact) mass is 359 g/mol. The van der Waals surface area contributed by atoms with E-state index in [0.717, 1.165) is 5.56 Å². The number of hydrogen-bond donors (Lipinski definition) is 1. The number of morpholine rings is 1. The highest BCUT2D eigenvalue weighted by molar-refractivity contribution is 5.96. The molecule has 1 heterocycles. The highest BCUT2D eigenvalue weighted by atomic mass is 19.1. The van der Waals surface area contributed by atoms with Crippen LogP contribution in [-0.4, -0.2) is 47.7 Å². The molecule has 0 aliphatic carbocycles. The Morgan fingerprint density at radius 1 is 1.23 bits per heavy atom. The van der Waals surface area contributed by atoms with E-state index in [1.807, 2.05) is 0 Å². The van der Waals surface area contributed by atoms with Gasteiger partial charge in [0.05, 0.1) is 13.2 Å². The quantitative estimate of drug-likeness (QED) is 0.887. The summed E-state index contributed by atoms with van der Waals surface area (Å²) in [5.41, 5.74) is 1.10. The predicted octanol–water partition coefficient (Wildman–Crippen LogP) is 2.33. The maximum Gasteiger partial charge on any atom is 0.328 e. The molecule has 0 unspecified atom stereocenters. The van der Waals surface area contributed by atoms with E-state index in [0.29, 0.717) is 17.9 Å². The fraction of sp³-hybridized carbons (Fsp3) is 0.263. The summed E-state index contributed by atoms with van der Waals surface area (Å²) in [4.78, 5) is 25.3. The first kappa shape index (κ1) is 17.9. The molecule has 3 rings (SSSR count). The minimum absolute atomic E-state index is 0.0244. The molecule has 1 fully saturated rings. The molecule has 1 amide bonds. The lowest BCUT2D eigenvalue weighted by Crippen LogP contribution is -2.52. The lowest BCUT2D eigenvalue weighted by molar-refractivity contribution is -0.147. The van der Waals surface area contributed by atoms with Gasteiger partial charge in [0, 0.05) is 18.2 Å². The van der Waals surface area contributed by atoms with Gasteiger partial charge in [-0.1, -0.05) is 18.2 Å². The SMILES string of the molecule is O=C(O)[C@H]1COCCN1C(=O)c1cccc(COc2cccc(F)c2)c1. The molecule has 0 bridgehead atoms. The van der Waals surface area contributed by atoms with Crippen LogP contribution in [0.3, 0.4) is 0 Å². The lowest BCUT2D eigenvalue weighted by atomic mass is 10.1. The van der Waals surface area contributed by atoms with Crippen molar-refractivity contribution in [1.82, 2.24) is 4.90 Å². The number of carbonyl (C=O) groups is 2. The van der Waals surface area contributed by atoms with Crippen LogP contribution >= 0.6 is 0 Å². The van der Waals surface area contributed by atoms with Gasteiger partial charge in [-0.2, -0.15) is 0 Å². The highest BCUT2D eigenvalue weighted by Crippen LogP contribution is 2.17. The second-order valence-corrected chi connectivity index (χ2v) is 5.87. The molecule has 26 heavy (non-hydrogen) atoms. The van der Waals surface area contributed by atoms with Crippen LogP contribution in [0.4, 0.5) is 4.39 Å². The van der Waals surface area contributed by atoms with Gasteiger partial charge in [0.25, 0.3) is 5.91 Å². The molecule has 136 valence electrons. The molecular formula is C19H18FNO5. The molecule has 6 nitrogen and oxygen atoms in total. The molecule has 2 aromatic carbocycles. The largest absolute Gasteiger partial charge is 0.489 e. The molecule has 0 spiro atoms. The molecule has 1 aliphatic heterocycles. The maximum absolute atomic E-state index is 13.2. The van der Waals surface area contributed by atoms with E-state index < -0.39 is 17.8 Å². The number of carbonyl (C=O) groups excluding carboxylic acids is 1. The number of hydrogen-bond acceptors (Lipinski definition) is 4. The number of carboxylic acid groups (broad SMARTS) is 1. The number of carboxylic acids is 1. The zero-order valence-electron chi connectivity index (χ0n) is 13.9. The summed E-state index contributed by atoms with van der Waals surface area (Å²) < 4.78 is 23.9. The Balaban J connectivity index is 1.71. The molecule has 1 N–H and O–H groups in total. The summed E-state index contributed by atoms with van der Waals surface area (Å²) in [5.74, 6) is -1.46. The molecule has 2 aromatic rings. The predicted molar refractivity (Wildman–Crippen MR) is 90.5 cm³/mol. The van der Waals surface area contributed by atoms with Crippen molar-refractivity contribution in [3.63, 3.8) is 0 Å². The number of aliphatic carboxylic acids is 1. The summed E-state index contributed by atoms with van der Waals surface area (Å²) in [6.07, 6.45) is 0. The van der Waals surface area contributed by atoms with Crippen molar-refractivity contribution in [3.8, 4) is 5.75 Å². The molecule has 1 aliphatic rings. The third-order valence-electron chi connectivity index (χ3n) is 4.05. The number of ether oxygens (including phenoxy) is 2. The number of benzene rings is 2. The highest BCUT2D eigenvalue weighted by Gasteiger charge is 2.33. The Labute approximate surface area is 149 Å². The zero-order valence-corrected chi connectivity index (χ0v) is 13.9. The first-order valence-electron chi connectivity index (χ1n) is 8.13. The van der Waals surface area contributed by atoms with Gasteiger partial charge in [-0.15, -0.1) is 0 Å². The Morgan fingerprint density at radius 2 is 2.04 bits per heavy atom. The van der Waals surface area contributed by atoms with Crippen LogP contribution in [0.25, 0.3) is 0 Å².